The van der Waals surface area contributed by atoms with Gasteiger partial charge in [-0.3, -0.25) is 19.3 Å². The number of carbonyl (C=O) groups excluding carboxylic acids is 2. The van der Waals surface area contributed by atoms with Crippen LogP contribution in [0.1, 0.15) is 36.0 Å². The predicted molar refractivity (Wildman–Crippen MR) is 89.2 cm³/mol. The molecule has 0 bridgehead atoms. The van der Waals surface area contributed by atoms with Crippen molar-refractivity contribution in [1.29, 1.82) is 0 Å². The second kappa shape index (κ2) is 6.43. The zero-order valence-electron chi connectivity index (χ0n) is 13.9. The van der Waals surface area contributed by atoms with Crippen LogP contribution in [0, 0.1) is 0 Å². The molecule has 2 N–H and O–H groups in total. The molecule has 1 fully saturated rings. The van der Waals surface area contributed by atoms with Crippen molar-refractivity contribution >= 4 is 11.8 Å². The van der Waals surface area contributed by atoms with Crippen LogP contribution in [0.5, 0.6) is 0 Å². The molecule has 0 radical (unpaired) electrons. The van der Waals surface area contributed by atoms with E-state index in [2.05, 4.69) is 20.7 Å². The van der Waals surface area contributed by atoms with Gasteiger partial charge in [-0.25, -0.2) is 0 Å². The monoisotopic (exact) mass is 327 g/mol. The van der Waals surface area contributed by atoms with Crippen molar-refractivity contribution < 1.29 is 9.59 Å². The number of aryl methyl sites for hydroxylation is 1. The highest BCUT2D eigenvalue weighted by molar-refractivity contribution is 5.99. The van der Waals surface area contributed by atoms with E-state index in [1.165, 1.54) is 6.20 Å². The highest BCUT2D eigenvalue weighted by atomic mass is 16.2. The molecule has 1 aliphatic rings. The number of nitrogens with zero attached hydrogens (tertiary/aromatic N) is 3. The van der Waals surface area contributed by atoms with Gasteiger partial charge in [-0.1, -0.05) is 12.8 Å². The van der Waals surface area contributed by atoms with Crippen molar-refractivity contribution in [3.05, 3.63) is 36.4 Å². The lowest BCUT2D eigenvalue weighted by atomic mass is 9.95. The summed E-state index contributed by atoms with van der Waals surface area (Å²) in [5.74, 6) is -0.413. The van der Waals surface area contributed by atoms with Gasteiger partial charge in [-0.2, -0.15) is 5.10 Å². The Kier molecular flexibility index (Phi) is 4.33. The first-order chi connectivity index (χ1) is 11.5. The van der Waals surface area contributed by atoms with Crippen LogP contribution < -0.4 is 10.6 Å². The van der Waals surface area contributed by atoms with Crippen LogP contribution in [0.15, 0.2) is 30.9 Å². The number of rotatable bonds is 4. The Morgan fingerprint density at radius 2 is 1.92 bits per heavy atom. The van der Waals surface area contributed by atoms with Crippen LogP contribution >= 0.6 is 0 Å². The summed E-state index contributed by atoms with van der Waals surface area (Å²) in [6.45, 7) is 0. The van der Waals surface area contributed by atoms with Crippen LogP contribution in [0.3, 0.4) is 0 Å². The number of pyridine rings is 1. The van der Waals surface area contributed by atoms with E-state index in [4.69, 9.17) is 0 Å². The van der Waals surface area contributed by atoms with Gasteiger partial charge in [0.25, 0.3) is 5.91 Å². The minimum atomic E-state index is -0.809. The SMILES string of the molecule is CNC(=O)C1(NC(=O)c2cncc(-c3cnn(C)c3)c2)CCCC1. The third kappa shape index (κ3) is 3.02. The molecular weight excluding hydrogens is 306 g/mol. The molecule has 7 nitrogen and oxygen atoms in total. The first-order valence-corrected chi connectivity index (χ1v) is 8.03. The molecule has 2 aromatic heterocycles. The predicted octanol–water partition coefficient (Wildman–Crippen LogP) is 1.27. The van der Waals surface area contributed by atoms with Gasteiger partial charge in [0.2, 0.25) is 5.91 Å². The number of aromatic nitrogens is 3. The van der Waals surface area contributed by atoms with Crippen molar-refractivity contribution in [3.8, 4) is 11.1 Å². The van der Waals surface area contributed by atoms with Crippen LogP contribution in [0.25, 0.3) is 11.1 Å². The maximum atomic E-state index is 12.7. The maximum Gasteiger partial charge on any atom is 0.253 e. The summed E-state index contributed by atoms with van der Waals surface area (Å²) in [5.41, 5.74) is 1.33. The Morgan fingerprint density at radius 3 is 2.54 bits per heavy atom. The molecule has 24 heavy (non-hydrogen) atoms. The van der Waals surface area contributed by atoms with Crippen molar-refractivity contribution in [3.63, 3.8) is 0 Å². The zero-order valence-corrected chi connectivity index (χ0v) is 13.9. The lowest BCUT2D eigenvalue weighted by Crippen LogP contribution is -2.56. The number of hydrogen-bond acceptors (Lipinski definition) is 4. The number of amides is 2. The summed E-state index contributed by atoms with van der Waals surface area (Å²) in [6, 6.07) is 1.77. The molecule has 0 aromatic carbocycles. The molecule has 126 valence electrons. The molecule has 3 rings (SSSR count). The molecule has 0 saturated heterocycles. The smallest absolute Gasteiger partial charge is 0.253 e. The van der Waals surface area contributed by atoms with Crippen molar-refractivity contribution in [2.75, 3.05) is 7.05 Å². The van der Waals surface area contributed by atoms with E-state index in [9.17, 15) is 9.59 Å². The highest BCUT2D eigenvalue weighted by Crippen LogP contribution is 2.30. The van der Waals surface area contributed by atoms with Gasteiger partial charge < -0.3 is 10.6 Å². The van der Waals surface area contributed by atoms with E-state index < -0.39 is 5.54 Å². The topological polar surface area (TPSA) is 88.9 Å². The molecule has 0 spiro atoms. The minimum Gasteiger partial charge on any atom is -0.357 e. The summed E-state index contributed by atoms with van der Waals surface area (Å²) in [7, 11) is 3.43. The van der Waals surface area contributed by atoms with Gasteiger partial charge in [0, 0.05) is 43.8 Å². The van der Waals surface area contributed by atoms with Gasteiger partial charge in [0.05, 0.1) is 11.8 Å². The average molecular weight is 327 g/mol. The Labute approximate surface area is 140 Å². The van der Waals surface area contributed by atoms with E-state index in [-0.39, 0.29) is 11.8 Å². The number of nitrogens with one attached hydrogen (secondary N) is 2. The van der Waals surface area contributed by atoms with Crippen molar-refractivity contribution in [1.82, 2.24) is 25.4 Å². The molecule has 1 aliphatic carbocycles. The summed E-state index contributed by atoms with van der Waals surface area (Å²) < 4.78 is 1.70. The van der Waals surface area contributed by atoms with Crippen LogP contribution in [-0.2, 0) is 11.8 Å². The van der Waals surface area contributed by atoms with Crippen LogP contribution in [0.4, 0.5) is 0 Å². The number of hydrogen-bond donors (Lipinski definition) is 2. The Morgan fingerprint density at radius 1 is 1.17 bits per heavy atom. The van der Waals surface area contributed by atoms with Crippen LogP contribution in [-0.4, -0.2) is 39.2 Å². The fourth-order valence-electron chi connectivity index (χ4n) is 3.21. The summed E-state index contributed by atoms with van der Waals surface area (Å²) >= 11 is 0. The fraction of sp³-hybridized carbons (Fsp3) is 0.412. The standard InChI is InChI=1S/C17H21N5O2/c1-18-16(24)17(5-3-4-6-17)21-15(23)13-7-12(8-19-9-13)14-10-20-22(2)11-14/h7-11H,3-6H2,1-2H3,(H,18,24)(H,21,23). The molecule has 0 aliphatic heterocycles. The average Bonchev–Trinajstić information content (AvgIpc) is 3.24. The molecule has 2 heterocycles. The fourth-order valence-corrected chi connectivity index (χ4v) is 3.21. The van der Waals surface area contributed by atoms with Gasteiger partial charge >= 0.3 is 0 Å². The molecule has 1 saturated carbocycles. The van der Waals surface area contributed by atoms with Gasteiger partial charge in [0.1, 0.15) is 5.54 Å². The molecule has 2 amide bonds. The summed E-state index contributed by atoms with van der Waals surface area (Å²) in [6.07, 6.45) is 9.98. The maximum absolute atomic E-state index is 12.7. The molecule has 0 atom stereocenters. The Bertz CT molecular complexity index is 762. The second-order valence-corrected chi connectivity index (χ2v) is 6.19. The summed E-state index contributed by atoms with van der Waals surface area (Å²) in [5, 5.41) is 9.73. The highest BCUT2D eigenvalue weighted by Gasteiger charge is 2.42. The number of likely N-dealkylation sites (N-methyl/N-ethyl adjacent to an activating group) is 1. The first kappa shape index (κ1) is 16.2. The van der Waals surface area contributed by atoms with E-state index >= 15 is 0 Å². The molecule has 2 aromatic rings. The van der Waals surface area contributed by atoms with Gasteiger partial charge in [-0.15, -0.1) is 0 Å². The lowest BCUT2D eigenvalue weighted by Gasteiger charge is -2.28. The third-order valence-corrected chi connectivity index (χ3v) is 4.51. The van der Waals surface area contributed by atoms with Gasteiger partial charge in [-0.05, 0) is 18.9 Å². The van der Waals surface area contributed by atoms with Crippen LogP contribution in [0.2, 0.25) is 0 Å². The third-order valence-electron chi connectivity index (χ3n) is 4.51. The second-order valence-electron chi connectivity index (χ2n) is 6.19. The quantitative estimate of drug-likeness (QED) is 0.885. The molecule has 0 unspecified atom stereocenters. The number of carbonyl (C=O) groups is 2. The van der Waals surface area contributed by atoms with Gasteiger partial charge in [0.15, 0.2) is 0 Å². The van der Waals surface area contributed by atoms with Crippen molar-refractivity contribution in [2.45, 2.75) is 31.2 Å². The van der Waals surface area contributed by atoms with E-state index in [1.54, 1.807) is 30.2 Å². The zero-order chi connectivity index (χ0) is 17.2. The Hall–Kier alpha value is -2.70. The summed E-state index contributed by atoms with van der Waals surface area (Å²) in [4.78, 5) is 29.1. The normalized spacial score (nSPS) is 15.9. The Balaban J connectivity index is 1.83. The van der Waals surface area contributed by atoms with E-state index in [1.807, 2.05) is 13.2 Å². The lowest BCUT2D eigenvalue weighted by molar-refractivity contribution is -0.126. The molecular formula is C17H21N5O2. The van der Waals surface area contributed by atoms with E-state index in [0.29, 0.717) is 18.4 Å². The van der Waals surface area contributed by atoms with E-state index in [0.717, 1.165) is 24.0 Å². The van der Waals surface area contributed by atoms with Crippen molar-refractivity contribution in [2.24, 2.45) is 7.05 Å². The largest absolute Gasteiger partial charge is 0.357 e. The molecule has 7 heteroatoms. The minimum absolute atomic E-state index is 0.135. The first-order valence-electron chi connectivity index (χ1n) is 8.03.